The van der Waals surface area contributed by atoms with Gasteiger partial charge in [0.15, 0.2) is 0 Å². The van der Waals surface area contributed by atoms with E-state index in [1.807, 2.05) is 0 Å². The zero-order chi connectivity index (χ0) is 18.0. The lowest BCUT2D eigenvalue weighted by molar-refractivity contribution is -0.137. The molecule has 1 aromatic carbocycles. The largest absolute Gasteiger partial charge is 0.497 e. The van der Waals surface area contributed by atoms with Gasteiger partial charge in [0.05, 0.1) is 30.5 Å². The Hall–Kier alpha value is -2.67. The highest BCUT2D eigenvalue weighted by Crippen LogP contribution is 2.33. The molecule has 2 heterocycles. The number of aromatic nitrogens is 1. The Morgan fingerprint density at radius 2 is 2.00 bits per heavy atom. The van der Waals surface area contributed by atoms with E-state index in [1.54, 1.807) is 18.2 Å². The van der Waals surface area contributed by atoms with Crippen molar-refractivity contribution in [3.63, 3.8) is 0 Å². The number of methoxy groups -OCH3 is 1. The standard InChI is InChI=1S/C16H14F3N5O/c1-25-12-5-9(13-7-11(2-3-21-13)16(17,18)19)4-10(6-12)15-14(8-20)22-24-23-15/h2-7,14-15,22-24H,1H3. The van der Waals surface area contributed by atoms with Crippen LogP contribution in [0.15, 0.2) is 36.5 Å². The fourth-order valence-corrected chi connectivity index (χ4v) is 2.58. The molecule has 0 amide bonds. The first kappa shape index (κ1) is 17.2. The molecule has 6 nitrogen and oxygen atoms in total. The Kier molecular flexibility index (Phi) is 4.59. The number of nitrogens with one attached hydrogen (secondary N) is 3. The Morgan fingerprint density at radius 1 is 1.20 bits per heavy atom. The molecule has 1 fully saturated rings. The molecule has 25 heavy (non-hydrogen) atoms. The summed E-state index contributed by atoms with van der Waals surface area (Å²) in [5.74, 6) is 0.456. The van der Waals surface area contributed by atoms with Gasteiger partial charge in [0.25, 0.3) is 0 Å². The van der Waals surface area contributed by atoms with Crippen molar-refractivity contribution in [2.24, 2.45) is 0 Å². The van der Waals surface area contributed by atoms with Crippen molar-refractivity contribution in [3.8, 4) is 23.1 Å². The van der Waals surface area contributed by atoms with E-state index in [1.165, 1.54) is 7.11 Å². The van der Waals surface area contributed by atoms with E-state index < -0.39 is 23.8 Å². The molecule has 1 saturated heterocycles. The SMILES string of the molecule is COc1cc(-c2cc(C(F)(F)F)ccn2)cc(C2NNNC2C#N)c1. The molecular formula is C16H14F3N5O. The Bertz CT molecular complexity index is 818. The van der Waals surface area contributed by atoms with E-state index >= 15 is 0 Å². The molecule has 3 rings (SSSR count). The second kappa shape index (κ2) is 6.68. The number of alkyl halides is 3. The van der Waals surface area contributed by atoms with Crippen molar-refractivity contribution in [2.75, 3.05) is 7.11 Å². The summed E-state index contributed by atoms with van der Waals surface area (Å²) < 4.78 is 44.0. The summed E-state index contributed by atoms with van der Waals surface area (Å²) in [6, 6.07) is 8.05. The third-order valence-electron chi connectivity index (χ3n) is 3.83. The number of benzene rings is 1. The molecule has 0 radical (unpaired) electrons. The summed E-state index contributed by atoms with van der Waals surface area (Å²) in [5, 5.41) is 9.18. The van der Waals surface area contributed by atoms with Gasteiger partial charge in [0.2, 0.25) is 0 Å². The van der Waals surface area contributed by atoms with Crippen LogP contribution in [-0.2, 0) is 6.18 Å². The smallest absolute Gasteiger partial charge is 0.416 e. The monoisotopic (exact) mass is 349 g/mol. The van der Waals surface area contributed by atoms with Crippen LogP contribution in [0.4, 0.5) is 13.2 Å². The van der Waals surface area contributed by atoms with Crippen LogP contribution in [0, 0.1) is 11.3 Å². The molecule has 3 N–H and O–H groups in total. The summed E-state index contributed by atoms with van der Waals surface area (Å²) in [5.41, 5.74) is 8.86. The third kappa shape index (κ3) is 3.56. The lowest BCUT2D eigenvalue weighted by atomic mass is 9.97. The van der Waals surface area contributed by atoms with Crippen LogP contribution in [-0.4, -0.2) is 18.1 Å². The summed E-state index contributed by atoms with van der Waals surface area (Å²) in [6.07, 6.45) is -3.33. The fraction of sp³-hybridized carbons (Fsp3) is 0.250. The van der Waals surface area contributed by atoms with E-state index in [4.69, 9.17) is 4.74 Å². The molecule has 2 unspecified atom stereocenters. The molecule has 1 aliphatic heterocycles. The van der Waals surface area contributed by atoms with Crippen molar-refractivity contribution in [1.82, 2.24) is 21.4 Å². The Morgan fingerprint density at radius 3 is 2.68 bits per heavy atom. The average molecular weight is 349 g/mol. The predicted molar refractivity (Wildman–Crippen MR) is 82.8 cm³/mol. The number of nitrogens with zero attached hydrogens (tertiary/aromatic N) is 2. The van der Waals surface area contributed by atoms with E-state index in [9.17, 15) is 18.4 Å². The number of halogens is 3. The number of rotatable bonds is 3. The highest BCUT2D eigenvalue weighted by molar-refractivity contribution is 5.64. The molecule has 2 atom stereocenters. The first-order valence-corrected chi connectivity index (χ1v) is 7.30. The molecule has 9 heteroatoms. The highest BCUT2D eigenvalue weighted by atomic mass is 19.4. The molecule has 0 spiro atoms. The number of hydrogen-bond donors (Lipinski definition) is 3. The van der Waals surface area contributed by atoms with Gasteiger partial charge >= 0.3 is 6.18 Å². The zero-order valence-corrected chi connectivity index (χ0v) is 13.1. The Labute approximate surface area is 141 Å². The highest BCUT2D eigenvalue weighted by Gasteiger charge is 2.31. The zero-order valence-electron chi connectivity index (χ0n) is 13.1. The minimum Gasteiger partial charge on any atom is -0.497 e. The van der Waals surface area contributed by atoms with Crippen LogP contribution in [0.25, 0.3) is 11.3 Å². The van der Waals surface area contributed by atoms with Gasteiger partial charge in [-0.2, -0.15) is 24.0 Å². The molecule has 0 aliphatic carbocycles. The van der Waals surface area contributed by atoms with Crippen LogP contribution in [0.1, 0.15) is 17.2 Å². The lowest BCUT2D eigenvalue weighted by Crippen LogP contribution is -2.32. The van der Waals surface area contributed by atoms with E-state index in [-0.39, 0.29) is 5.69 Å². The number of hydrazine groups is 2. The van der Waals surface area contributed by atoms with Crippen LogP contribution in [0.3, 0.4) is 0 Å². The summed E-state index contributed by atoms with van der Waals surface area (Å²) in [7, 11) is 1.46. The van der Waals surface area contributed by atoms with Crippen molar-refractivity contribution in [3.05, 3.63) is 47.7 Å². The van der Waals surface area contributed by atoms with Gasteiger partial charge in [-0.05, 0) is 35.9 Å². The van der Waals surface area contributed by atoms with E-state index in [0.717, 1.165) is 18.3 Å². The first-order valence-electron chi connectivity index (χ1n) is 7.30. The normalized spacial score (nSPS) is 20.3. The Balaban J connectivity index is 2.05. The van der Waals surface area contributed by atoms with Gasteiger partial charge in [-0.15, -0.1) is 0 Å². The molecule has 2 aromatic rings. The average Bonchev–Trinajstić information content (AvgIpc) is 3.09. The topological polar surface area (TPSA) is 82.0 Å². The molecule has 1 aromatic heterocycles. The van der Waals surface area contributed by atoms with Crippen LogP contribution in [0.2, 0.25) is 0 Å². The minimum absolute atomic E-state index is 0.169. The lowest BCUT2D eigenvalue weighted by Gasteiger charge is -2.16. The van der Waals surface area contributed by atoms with E-state index in [2.05, 4.69) is 27.4 Å². The third-order valence-corrected chi connectivity index (χ3v) is 3.83. The number of nitriles is 1. The van der Waals surface area contributed by atoms with Crippen molar-refractivity contribution < 1.29 is 17.9 Å². The fourth-order valence-electron chi connectivity index (χ4n) is 2.58. The predicted octanol–water partition coefficient (Wildman–Crippen LogP) is 2.32. The van der Waals surface area contributed by atoms with Gasteiger partial charge in [-0.1, -0.05) is 0 Å². The second-order valence-corrected chi connectivity index (χ2v) is 5.42. The molecule has 1 aliphatic rings. The van der Waals surface area contributed by atoms with Crippen molar-refractivity contribution in [1.29, 1.82) is 5.26 Å². The number of hydrogen-bond acceptors (Lipinski definition) is 6. The number of pyridine rings is 1. The van der Waals surface area contributed by atoms with Crippen LogP contribution < -0.4 is 21.1 Å². The van der Waals surface area contributed by atoms with Crippen molar-refractivity contribution >= 4 is 0 Å². The molecular weight excluding hydrogens is 335 g/mol. The second-order valence-electron chi connectivity index (χ2n) is 5.42. The van der Waals surface area contributed by atoms with Crippen LogP contribution in [0.5, 0.6) is 5.75 Å². The maximum absolute atomic E-state index is 12.9. The van der Waals surface area contributed by atoms with Gasteiger partial charge in [-0.25, -0.2) is 10.9 Å². The quantitative estimate of drug-likeness (QED) is 0.789. The van der Waals surface area contributed by atoms with Gasteiger partial charge in [-0.3, -0.25) is 4.98 Å². The molecule has 0 bridgehead atoms. The van der Waals surface area contributed by atoms with Gasteiger partial charge in [0, 0.05) is 11.8 Å². The summed E-state index contributed by atoms with van der Waals surface area (Å²) >= 11 is 0. The molecule has 0 saturated carbocycles. The molecule has 130 valence electrons. The maximum atomic E-state index is 12.9. The van der Waals surface area contributed by atoms with E-state index in [0.29, 0.717) is 16.9 Å². The van der Waals surface area contributed by atoms with Gasteiger partial charge in [0.1, 0.15) is 11.8 Å². The van der Waals surface area contributed by atoms with Gasteiger partial charge < -0.3 is 4.74 Å². The van der Waals surface area contributed by atoms with Crippen LogP contribution >= 0.6 is 0 Å². The first-order chi connectivity index (χ1) is 11.9. The number of ether oxygens (including phenoxy) is 1. The summed E-state index contributed by atoms with van der Waals surface area (Å²) in [6.45, 7) is 0. The maximum Gasteiger partial charge on any atom is 0.416 e. The minimum atomic E-state index is -4.45. The summed E-state index contributed by atoms with van der Waals surface area (Å²) in [4.78, 5) is 4.03. The van der Waals surface area contributed by atoms with Crippen molar-refractivity contribution in [2.45, 2.75) is 18.3 Å².